The van der Waals surface area contributed by atoms with Crippen molar-refractivity contribution in [3.8, 4) is 0 Å². The molecule has 17 heavy (non-hydrogen) atoms. The molecule has 0 aromatic carbocycles. The summed E-state index contributed by atoms with van der Waals surface area (Å²) in [6.45, 7) is 4.92. The molecular weight excluding hydrogens is 236 g/mol. The summed E-state index contributed by atoms with van der Waals surface area (Å²) in [5.74, 6) is 0.816. The first-order valence-corrected chi connectivity index (χ1v) is 6.44. The zero-order valence-corrected chi connectivity index (χ0v) is 11.2. The molecule has 2 rings (SSSR count). The number of hydrogen-bond donors (Lipinski definition) is 1. The van der Waals surface area contributed by atoms with E-state index in [0.717, 1.165) is 31.2 Å². The van der Waals surface area contributed by atoms with Crippen molar-refractivity contribution in [3.05, 3.63) is 22.7 Å². The highest BCUT2D eigenvalue weighted by Gasteiger charge is 2.18. The van der Waals surface area contributed by atoms with Gasteiger partial charge in [-0.15, -0.1) is 0 Å². The van der Waals surface area contributed by atoms with Crippen LogP contribution in [0.2, 0.25) is 5.15 Å². The van der Waals surface area contributed by atoms with E-state index in [0.29, 0.717) is 11.2 Å². The number of nitrogens with zero attached hydrogens (tertiary/aromatic N) is 3. The van der Waals surface area contributed by atoms with Crippen molar-refractivity contribution in [3.63, 3.8) is 0 Å². The monoisotopic (exact) mass is 254 g/mol. The molecule has 0 bridgehead atoms. The highest BCUT2D eigenvalue weighted by atomic mass is 35.5. The minimum absolute atomic E-state index is 0.534. The van der Waals surface area contributed by atoms with E-state index in [2.05, 4.69) is 27.2 Å². The molecule has 1 aliphatic rings. The van der Waals surface area contributed by atoms with Gasteiger partial charge >= 0.3 is 0 Å². The molecule has 0 saturated carbocycles. The second kappa shape index (κ2) is 5.76. The summed E-state index contributed by atoms with van der Waals surface area (Å²) in [6, 6.07) is 2.41. The summed E-state index contributed by atoms with van der Waals surface area (Å²) < 4.78 is 0. The van der Waals surface area contributed by atoms with Crippen LogP contribution in [0.3, 0.4) is 0 Å². The Hall–Kier alpha value is -0.710. The van der Waals surface area contributed by atoms with Crippen molar-refractivity contribution in [2.45, 2.75) is 32.4 Å². The number of rotatable bonds is 3. The number of aromatic nitrogens is 2. The average Bonchev–Trinajstić information content (AvgIpc) is 2.28. The normalized spacial score (nSPS) is 17.6. The predicted octanol–water partition coefficient (Wildman–Crippen LogP) is 1.62. The molecule has 0 atom stereocenters. The lowest BCUT2D eigenvalue weighted by atomic mass is 10.1. The van der Waals surface area contributed by atoms with Crippen LogP contribution in [-0.2, 0) is 6.54 Å². The van der Waals surface area contributed by atoms with Gasteiger partial charge in [0.15, 0.2) is 0 Å². The number of piperidine rings is 1. The topological polar surface area (TPSA) is 41.1 Å². The van der Waals surface area contributed by atoms with Crippen molar-refractivity contribution in [2.75, 3.05) is 20.1 Å². The molecule has 1 aliphatic heterocycles. The number of hydrogen-bond acceptors (Lipinski definition) is 4. The molecule has 1 N–H and O–H groups in total. The summed E-state index contributed by atoms with van der Waals surface area (Å²) in [7, 11) is 2.13. The Bertz CT molecular complexity index is 357. The zero-order valence-electron chi connectivity index (χ0n) is 10.4. The Kier molecular flexibility index (Phi) is 4.31. The average molecular weight is 255 g/mol. The maximum absolute atomic E-state index is 5.94. The predicted molar refractivity (Wildman–Crippen MR) is 69.1 cm³/mol. The van der Waals surface area contributed by atoms with Gasteiger partial charge in [-0.3, -0.25) is 4.90 Å². The van der Waals surface area contributed by atoms with E-state index in [9.17, 15) is 0 Å². The number of halogens is 1. The third kappa shape index (κ3) is 3.63. The van der Waals surface area contributed by atoms with Gasteiger partial charge in [0.05, 0.1) is 6.54 Å². The van der Waals surface area contributed by atoms with E-state index >= 15 is 0 Å². The smallest absolute Gasteiger partial charge is 0.144 e. The SMILES string of the molecule is Cc1cc(Cl)nc(CN(C)C2CCNCC2)n1. The molecule has 0 unspecified atom stereocenters. The van der Waals surface area contributed by atoms with Crippen LogP contribution in [0.5, 0.6) is 0 Å². The van der Waals surface area contributed by atoms with Gasteiger partial charge in [0.25, 0.3) is 0 Å². The summed E-state index contributed by atoms with van der Waals surface area (Å²) >= 11 is 5.94. The van der Waals surface area contributed by atoms with Crippen molar-refractivity contribution in [1.29, 1.82) is 0 Å². The van der Waals surface area contributed by atoms with E-state index in [1.54, 1.807) is 6.07 Å². The van der Waals surface area contributed by atoms with Crippen molar-refractivity contribution in [1.82, 2.24) is 20.2 Å². The summed E-state index contributed by atoms with van der Waals surface area (Å²) in [4.78, 5) is 11.0. The third-order valence-corrected chi connectivity index (χ3v) is 3.39. The molecule has 4 nitrogen and oxygen atoms in total. The fourth-order valence-corrected chi connectivity index (χ4v) is 2.51. The van der Waals surface area contributed by atoms with Gasteiger partial charge in [-0.05, 0) is 46.0 Å². The lowest BCUT2D eigenvalue weighted by molar-refractivity contribution is 0.187. The summed E-state index contributed by atoms with van der Waals surface area (Å²) in [5, 5.41) is 3.91. The molecular formula is C12H19ClN4. The molecule has 1 aromatic heterocycles. The summed E-state index contributed by atoms with van der Waals surface area (Å²) in [5.41, 5.74) is 0.929. The Morgan fingerprint density at radius 3 is 2.76 bits per heavy atom. The van der Waals surface area contributed by atoms with Gasteiger partial charge in [-0.2, -0.15) is 0 Å². The van der Waals surface area contributed by atoms with Gasteiger partial charge in [0.1, 0.15) is 11.0 Å². The molecule has 1 fully saturated rings. The molecule has 1 saturated heterocycles. The first kappa shape index (κ1) is 12.7. The third-order valence-electron chi connectivity index (χ3n) is 3.19. The fraction of sp³-hybridized carbons (Fsp3) is 0.667. The Morgan fingerprint density at radius 1 is 1.41 bits per heavy atom. The maximum Gasteiger partial charge on any atom is 0.144 e. The van der Waals surface area contributed by atoms with Crippen molar-refractivity contribution < 1.29 is 0 Å². The molecule has 5 heteroatoms. The molecule has 0 amide bonds. The van der Waals surface area contributed by atoms with E-state index in [1.807, 2.05) is 6.92 Å². The van der Waals surface area contributed by atoms with Gasteiger partial charge in [0.2, 0.25) is 0 Å². The Balaban J connectivity index is 1.99. The minimum Gasteiger partial charge on any atom is -0.317 e. The second-order valence-electron chi connectivity index (χ2n) is 4.64. The minimum atomic E-state index is 0.534. The van der Waals surface area contributed by atoms with Gasteiger partial charge in [-0.25, -0.2) is 9.97 Å². The quantitative estimate of drug-likeness (QED) is 0.833. The second-order valence-corrected chi connectivity index (χ2v) is 5.03. The number of nitrogens with one attached hydrogen (secondary N) is 1. The van der Waals surface area contributed by atoms with Crippen LogP contribution in [0.1, 0.15) is 24.4 Å². The van der Waals surface area contributed by atoms with Gasteiger partial charge < -0.3 is 5.32 Å². The van der Waals surface area contributed by atoms with Crippen LogP contribution in [0, 0.1) is 6.92 Å². The lowest BCUT2D eigenvalue weighted by Crippen LogP contribution is -2.41. The first-order valence-electron chi connectivity index (χ1n) is 6.06. The van der Waals surface area contributed by atoms with Gasteiger partial charge in [0, 0.05) is 11.7 Å². The van der Waals surface area contributed by atoms with E-state index in [-0.39, 0.29) is 0 Å². The molecule has 1 aromatic rings. The first-order chi connectivity index (χ1) is 8.15. The zero-order chi connectivity index (χ0) is 12.3. The van der Waals surface area contributed by atoms with Crippen LogP contribution in [0.15, 0.2) is 6.07 Å². The highest BCUT2D eigenvalue weighted by Crippen LogP contribution is 2.13. The van der Waals surface area contributed by atoms with Crippen molar-refractivity contribution in [2.24, 2.45) is 0 Å². The standard InChI is InChI=1S/C12H19ClN4/c1-9-7-11(13)16-12(15-9)8-17(2)10-3-5-14-6-4-10/h7,10,14H,3-6,8H2,1-2H3. The van der Waals surface area contributed by atoms with Crippen LogP contribution < -0.4 is 5.32 Å². The Labute approximate surface area is 107 Å². The molecule has 94 valence electrons. The van der Waals surface area contributed by atoms with E-state index in [4.69, 9.17) is 11.6 Å². The molecule has 2 heterocycles. The van der Waals surface area contributed by atoms with Crippen LogP contribution in [-0.4, -0.2) is 41.0 Å². The Morgan fingerprint density at radius 2 is 2.12 bits per heavy atom. The van der Waals surface area contributed by atoms with E-state index in [1.165, 1.54) is 12.8 Å². The lowest BCUT2D eigenvalue weighted by Gasteiger charge is -2.31. The van der Waals surface area contributed by atoms with Crippen molar-refractivity contribution >= 4 is 11.6 Å². The van der Waals surface area contributed by atoms with E-state index < -0.39 is 0 Å². The summed E-state index contributed by atoms with van der Waals surface area (Å²) in [6.07, 6.45) is 2.38. The molecule has 0 spiro atoms. The largest absolute Gasteiger partial charge is 0.317 e. The molecule has 0 aliphatic carbocycles. The number of aryl methyl sites for hydroxylation is 1. The van der Waals surface area contributed by atoms with Gasteiger partial charge in [-0.1, -0.05) is 11.6 Å². The van der Waals surface area contributed by atoms with Crippen LogP contribution in [0.25, 0.3) is 0 Å². The fourth-order valence-electron chi connectivity index (χ4n) is 2.26. The molecule has 0 radical (unpaired) electrons. The van der Waals surface area contributed by atoms with Crippen LogP contribution in [0.4, 0.5) is 0 Å². The van der Waals surface area contributed by atoms with Crippen LogP contribution >= 0.6 is 11.6 Å². The highest BCUT2D eigenvalue weighted by molar-refractivity contribution is 6.29. The maximum atomic E-state index is 5.94.